The fourth-order valence-corrected chi connectivity index (χ4v) is 3.11. The maximum atomic E-state index is 12.0. The first-order chi connectivity index (χ1) is 11.6. The average molecular weight is 338 g/mol. The van der Waals surface area contributed by atoms with Crippen LogP contribution in [-0.2, 0) is 4.79 Å². The number of carbonyl (C=O) groups excluding carboxylic acids is 1. The second-order valence-electron chi connectivity index (χ2n) is 5.31. The van der Waals surface area contributed by atoms with E-state index in [0.717, 1.165) is 21.5 Å². The zero-order chi connectivity index (χ0) is 16.9. The van der Waals surface area contributed by atoms with Gasteiger partial charge in [-0.1, -0.05) is 41.2 Å². The number of aryl methyl sites for hydroxylation is 1. The molecule has 0 bridgehead atoms. The van der Waals surface area contributed by atoms with Crippen molar-refractivity contribution < 1.29 is 9.53 Å². The second-order valence-corrected chi connectivity index (χ2v) is 6.35. The number of carbonyl (C=O) groups is 1. The molecule has 0 spiro atoms. The number of nitrogens with one attached hydrogen (secondary N) is 1. The molecule has 3 aromatic rings. The Morgan fingerprint density at radius 1 is 1.25 bits per heavy atom. The van der Waals surface area contributed by atoms with Gasteiger partial charge < -0.3 is 4.74 Å². The van der Waals surface area contributed by atoms with Gasteiger partial charge in [0.15, 0.2) is 5.13 Å². The van der Waals surface area contributed by atoms with Crippen molar-refractivity contribution >= 4 is 38.7 Å². The van der Waals surface area contributed by atoms with Gasteiger partial charge in [-0.25, -0.2) is 4.98 Å². The number of nitrogens with zero attached hydrogens (tertiary/aromatic N) is 1. The highest BCUT2D eigenvalue weighted by molar-refractivity contribution is 7.22. The van der Waals surface area contributed by atoms with Gasteiger partial charge in [-0.3, -0.25) is 10.1 Å². The van der Waals surface area contributed by atoms with E-state index in [1.807, 2.05) is 56.3 Å². The lowest BCUT2D eigenvalue weighted by atomic mass is 10.1. The Hall–Kier alpha value is -2.66. The van der Waals surface area contributed by atoms with E-state index < -0.39 is 0 Å². The van der Waals surface area contributed by atoms with Gasteiger partial charge in [0.1, 0.15) is 5.75 Å². The van der Waals surface area contributed by atoms with Crippen LogP contribution in [0.25, 0.3) is 16.3 Å². The first-order valence-electron chi connectivity index (χ1n) is 7.73. The molecule has 3 rings (SSSR count). The monoisotopic (exact) mass is 338 g/mol. The molecule has 0 unspecified atom stereocenters. The van der Waals surface area contributed by atoms with Gasteiger partial charge in [0.2, 0.25) is 5.91 Å². The summed E-state index contributed by atoms with van der Waals surface area (Å²) in [6.07, 6.45) is 3.30. The summed E-state index contributed by atoms with van der Waals surface area (Å²) < 4.78 is 6.47. The molecule has 4 nitrogen and oxygen atoms in total. The van der Waals surface area contributed by atoms with Gasteiger partial charge in [-0.05, 0) is 43.7 Å². The SMILES string of the molecule is CCOc1ccc2nc(NC(=O)C=Cc3ccc(C)cc3)sc2c1. The van der Waals surface area contributed by atoms with E-state index in [1.165, 1.54) is 23.0 Å². The van der Waals surface area contributed by atoms with Crippen LogP contribution >= 0.6 is 11.3 Å². The van der Waals surface area contributed by atoms with Crippen molar-refractivity contribution in [3.05, 3.63) is 59.7 Å². The molecular formula is C19H18N2O2S. The Kier molecular flexibility index (Phi) is 4.91. The molecule has 0 atom stereocenters. The zero-order valence-electron chi connectivity index (χ0n) is 13.6. The summed E-state index contributed by atoms with van der Waals surface area (Å²) >= 11 is 1.43. The molecule has 1 heterocycles. The molecule has 0 aliphatic heterocycles. The van der Waals surface area contributed by atoms with Gasteiger partial charge in [0.25, 0.3) is 0 Å². The smallest absolute Gasteiger partial charge is 0.250 e. The predicted octanol–water partition coefficient (Wildman–Crippen LogP) is 4.66. The third-order valence-corrected chi connectivity index (χ3v) is 4.34. The number of aromatic nitrogens is 1. The largest absolute Gasteiger partial charge is 0.494 e. The number of benzene rings is 2. The van der Waals surface area contributed by atoms with Crippen molar-refractivity contribution in [1.82, 2.24) is 4.98 Å². The van der Waals surface area contributed by atoms with Crippen LogP contribution in [0.1, 0.15) is 18.1 Å². The number of ether oxygens (including phenoxy) is 1. The van der Waals surface area contributed by atoms with Crippen LogP contribution in [0.3, 0.4) is 0 Å². The van der Waals surface area contributed by atoms with E-state index in [1.54, 1.807) is 6.08 Å². The van der Waals surface area contributed by atoms with Crippen LogP contribution in [-0.4, -0.2) is 17.5 Å². The van der Waals surface area contributed by atoms with E-state index in [0.29, 0.717) is 11.7 Å². The van der Waals surface area contributed by atoms with Crippen LogP contribution in [0.15, 0.2) is 48.5 Å². The highest BCUT2D eigenvalue weighted by atomic mass is 32.1. The summed E-state index contributed by atoms with van der Waals surface area (Å²) in [6.45, 7) is 4.60. The van der Waals surface area contributed by atoms with Crippen LogP contribution in [0, 0.1) is 6.92 Å². The van der Waals surface area contributed by atoms with Crippen molar-refractivity contribution in [3.63, 3.8) is 0 Å². The van der Waals surface area contributed by atoms with Crippen molar-refractivity contribution in [2.24, 2.45) is 0 Å². The first-order valence-corrected chi connectivity index (χ1v) is 8.55. The van der Waals surface area contributed by atoms with E-state index in [4.69, 9.17) is 4.74 Å². The number of hydrogen-bond donors (Lipinski definition) is 1. The van der Waals surface area contributed by atoms with Crippen molar-refractivity contribution in [2.45, 2.75) is 13.8 Å². The lowest BCUT2D eigenvalue weighted by Crippen LogP contribution is -2.07. The molecule has 2 aromatic carbocycles. The van der Waals surface area contributed by atoms with E-state index in [-0.39, 0.29) is 5.91 Å². The summed E-state index contributed by atoms with van der Waals surface area (Å²) in [7, 11) is 0. The van der Waals surface area contributed by atoms with E-state index >= 15 is 0 Å². The number of rotatable bonds is 5. The van der Waals surface area contributed by atoms with Gasteiger partial charge in [0.05, 0.1) is 16.8 Å². The van der Waals surface area contributed by atoms with Gasteiger partial charge in [-0.15, -0.1) is 0 Å². The van der Waals surface area contributed by atoms with Gasteiger partial charge in [-0.2, -0.15) is 0 Å². The predicted molar refractivity (Wildman–Crippen MR) is 99.6 cm³/mol. The van der Waals surface area contributed by atoms with Crippen LogP contribution in [0.4, 0.5) is 5.13 Å². The van der Waals surface area contributed by atoms with E-state index in [2.05, 4.69) is 10.3 Å². The molecule has 0 aliphatic carbocycles. The molecular weight excluding hydrogens is 320 g/mol. The minimum absolute atomic E-state index is 0.195. The van der Waals surface area contributed by atoms with Crippen molar-refractivity contribution in [1.29, 1.82) is 0 Å². The molecule has 122 valence electrons. The highest BCUT2D eigenvalue weighted by Crippen LogP contribution is 2.29. The molecule has 1 N–H and O–H groups in total. The van der Waals surface area contributed by atoms with Crippen molar-refractivity contribution in [2.75, 3.05) is 11.9 Å². The lowest BCUT2D eigenvalue weighted by Gasteiger charge is -2.00. The third-order valence-electron chi connectivity index (χ3n) is 3.41. The maximum absolute atomic E-state index is 12.0. The van der Waals surface area contributed by atoms with Crippen LogP contribution in [0.2, 0.25) is 0 Å². The third kappa shape index (κ3) is 4.00. The van der Waals surface area contributed by atoms with E-state index in [9.17, 15) is 4.79 Å². The first kappa shape index (κ1) is 16.2. The molecule has 0 radical (unpaired) electrons. The Bertz CT molecular complexity index is 882. The maximum Gasteiger partial charge on any atom is 0.250 e. The topological polar surface area (TPSA) is 51.2 Å². The fourth-order valence-electron chi connectivity index (χ4n) is 2.21. The fraction of sp³-hybridized carbons (Fsp3) is 0.158. The number of amides is 1. The Balaban J connectivity index is 1.69. The summed E-state index contributed by atoms with van der Waals surface area (Å²) in [5.41, 5.74) is 3.03. The highest BCUT2D eigenvalue weighted by Gasteiger charge is 2.07. The van der Waals surface area contributed by atoms with Gasteiger partial charge >= 0.3 is 0 Å². The lowest BCUT2D eigenvalue weighted by molar-refractivity contribution is -0.111. The molecule has 24 heavy (non-hydrogen) atoms. The van der Waals surface area contributed by atoms with Crippen molar-refractivity contribution in [3.8, 4) is 5.75 Å². The summed E-state index contributed by atoms with van der Waals surface area (Å²) in [5.74, 6) is 0.616. The molecule has 0 aliphatic rings. The minimum atomic E-state index is -0.195. The normalized spacial score (nSPS) is 11.1. The molecule has 1 aromatic heterocycles. The number of hydrogen-bond acceptors (Lipinski definition) is 4. The summed E-state index contributed by atoms with van der Waals surface area (Å²) in [5, 5.41) is 3.39. The molecule has 0 saturated heterocycles. The molecule has 5 heteroatoms. The number of anilines is 1. The van der Waals surface area contributed by atoms with Crippen LogP contribution in [0.5, 0.6) is 5.75 Å². The number of thiazole rings is 1. The summed E-state index contributed by atoms with van der Waals surface area (Å²) in [4.78, 5) is 16.5. The Morgan fingerprint density at radius 3 is 2.79 bits per heavy atom. The molecule has 0 fully saturated rings. The Morgan fingerprint density at radius 2 is 2.04 bits per heavy atom. The second kappa shape index (κ2) is 7.27. The quantitative estimate of drug-likeness (QED) is 0.689. The minimum Gasteiger partial charge on any atom is -0.494 e. The standard InChI is InChI=1S/C19H18N2O2S/c1-3-23-15-9-10-16-17(12-15)24-19(20-16)21-18(22)11-8-14-6-4-13(2)5-7-14/h4-12H,3H2,1-2H3,(H,20,21,22). The Labute approximate surface area is 144 Å². The van der Waals surface area contributed by atoms with Gasteiger partial charge in [0, 0.05) is 6.08 Å². The average Bonchev–Trinajstić information content (AvgIpc) is 2.96. The zero-order valence-corrected chi connectivity index (χ0v) is 14.4. The summed E-state index contributed by atoms with van der Waals surface area (Å²) in [6, 6.07) is 13.7. The van der Waals surface area contributed by atoms with Crippen LogP contribution < -0.4 is 10.1 Å². The number of fused-ring (bicyclic) bond motifs is 1. The molecule has 1 amide bonds. The molecule has 0 saturated carbocycles.